The predicted molar refractivity (Wildman–Crippen MR) is 120 cm³/mol. The number of carbonyl (C=O) groups is 1. The van der Waals surface area contributed by atoms with Gasteiger partial charge in [0.1, 0.15) is 6.04 Å². The van der Waals surface area contributed by atoms with E-state index in [4.69, 9.17) is 0 Å². The standard InChI is InChI=1S/C25H29N3O/c1-19(26-24-12-11-21-9-5-6-10-22(21)17-24)25(29)27-23-13-15-28(16-14-23)18-20-7-3-2-4-8-20/h2-12,17,19,23,26H,13-16,18H2,1H3,(H,27,29). The Morgan fingerprint density at radius 1 is 0.966 bits per heavy atom. The molecule has 0 radical (unpaired) electrons. The lowest BCUT2D eigenvalue weighted by atomic mass is 10.0. The largest absolute Gasteiger partial charge is 0.374 e. The number of fused-ring (bicyclic) bond motifs is 1. The summed E-state index contributed by atoms with van der Waals surface area (Å²) in [5.41, 5.74) is 2.33. The van der Waals surface area contributed by atoms with Gasteiger partial charge in [-0.05, 0) is 48.2 Å². The maximum atomic E-state index is 12.7. The molecule has 1 aliphatic rings. The number of anilines is 1. The predicted octanol–water partition coefficient (Wildman–Crippen LogP) is 4.42. The van der Waals surface area contributed by atoms with Crippen molar-refractivity contribution in [2.75, 3.05) is 18.4 Å². The molecule has 4 nitrogen and oxygen atoms in total. The van der Waals surface area contributed by atoms with Crippen LogP contribution in [0.2, 0.25) is 0 Å². The first kappa shape index (κ1) is 19.5. The minimum absolute atomic E-state index is 0.0691. The van der Waals surface area contributed by atoms with Crippen molar-refractivity contribution >= 4 is 22.4 Å². The van der Waals surface area contributed by atoms with Gasteiger partial charge in [0.25, 0.3) is 0 Å². The summed E-state index contributed by atoms with van der Waals surface area (Å²) in [4.78, 5) is 15.1. The maximum absolute atomic E-state index is 12.7. The van der Waals surface area contributed by atoms with Gasteiger partial charge in [-0.15, -0.1) is 0 Å². The Kier molecular flexibility index (Phi) is 6.11. The lowest BCUT2D eigenvalue weighted by molar-refractivity contribution is -0.122. The van der Waals surface area contributed by atoms with Crippen molar-refractivity contribution in [1.29, 1.82) is 0 Å². The highest BCUT2D eigenvalue weighted by Crippen LogP contribution is 2.20. The summed E-state index contributed by atoms with van der Waals surface area (Å²) < 4.78 is 0. The molecule has 1 unspecified atom stereocenters. The summed E-state index contributed by atoms with van der Waals surface area (Å²) in [6, 6.07) is 25.1. The van der Waals surface area contributed by atoms with E-state index in [0.29, 0.717) is 0 Å². The Morgan fingerprint density at radius 2 is 1.66 bits per heavy atom. The third-order valence-corrected chi connectivity index (χ3v) is 5.71. The summed E-state index contributed by atoms with van der Waals surface area (Å²) >= 11 is 0. The third kappa shape index (κ3) is 5.15. The van der Waals surface area contributed by atoms with Crippen LogP contribution in [0.4, 0.5) is 5.69 Å². The Labute approximate surface area is 172 Å². The van der Waals surface area contributed by atoms with E-state index in [2.05, 4.69) is 70.1 Å². The molecule has 1 heterocycles. The molecule has 2 N–H and O–H groups in total. The van der Waals surface area contributed by atoms with E-state index < -0.39 is 0 Å². The summed E-state index contributed by atoms with van der Waals surface area (Å²) in [7, 11) is 0. The number of hydrogen-bond acceptors (Lipinski definition) is 3. The molecule has 0 spiro atoms. The van der Waals surface area contributed by atoms with Gasteiger partial charge in [-0.2, -0.15) is 0 Å². The quantitative estimate of drug-likeness (QED) is 0.658. The molecule has 0 aliphatic carbocycles. The van der Waals surface area contributed by atoms with Crippen LogP contribution in [0.25, 0.3) is 10.8 Å². The fourth-order valence-corrected chi connectivity index (χ4v) is 4.00. The Balaban J connectivity index is 1.25. The Bertz CT molecular complexity index is 948. The zero-order chi connectivity index (χ0) is 20.1. The first-order chi connectivity index (χ1) is 14.2. The molecular formula is C25H29N3O. The van der Waals surface area contributed by atoms with Crippen LogP contribution in [0.3, 0.4) is 0 Å². The van der Waals surface area contributed by atoms with Crippen LogP contribution in [0.5, 0.6) is 0 Å². The fourth-order valence-electron chi connectivity index (χ4n) is 4.00. The lowest BCUT2D eigenvalue weighted by Crippen LogP contribution is -2.48. The smallest absolute Gasteiger partial charge is 0.242 e. The van der Waals surface area contributed by atoms with Crippen LogP contribution in [-0.4, -0.2) is 36.0 Å². The molecular weight excluding hydrogens is 358 g/mol. The van der Waals surface area contributed by atoms with Crippen LogP contribution >= 0.6 is 0 Å². The SMILES string of the molecule is CC(Nc1ccc2ccccc2c1)C(=O)NC1CCN(Cc2ccccc2)CC1. The van der Waals surface area contributed by atoms with Gasteiger partial charge in [0, 0.05) is 31.4 Å². The van der Waals surface area contributed by atoms with E-state index in [1.807, 2.05) is 25.1 Å². The van der Waals surface area contributed by atoms with Crippen molar-refractivity contribution in [3.63, 3.8) is 0 Å². The van der Waals surface area contributed by atoms with E-state index >= 15 is 0 Å². The van der Waals surface area contributed by atoms with Crippen molar-refractivity contribution in [3.05, 3.63) is 78.4 Å². The molecule has 4 rings (SSSR count). The van der Waals surface area contributed by atoms with Crippen molar-refractivity contribution in [3.8, 4) is 0 Å². The number of nitrogens with one attached hydrogen (secondary N) is 2. The minimum Gasteiger partial charge on any atom is -0.374 e. The van der Waals surface area contributed by atoms with Gasteiger partial charge in [-0.1, -0.05) is 60.7 Å². The first-order valence-electron chi connectivity index (χ1n) is 10.5. The first-order valence-corrected chi connectivity index (χ1v) is 10.5. The molecule has 3 aromatic rings. The van der Waals surface area contributed by atoms with Gasteiger partial charge < -0.3 is 10.6 Å². The van der Waals surface area contributed by atoms with E-state index in [1.54, 1.807) is 0 Å². The molecule has 1 fully saturated rings. The maximum Gasteiger partial charge on any atom is 0.242 e. The van der Waals surface area contributed by atoms with Crippen molar-refractivity contribution in [1.82, 2.24) is 10.2 Å². The number of benzene rings is 3. The Morgan fingerprint density at radius 3 is 2.41 bits per heavy atom. The molecule has 29 heavy (non-hydrogen) atoms. The minimum atomic E-state index is -0.265. The molecule has 0 saturated carbocycles. The molecule has 4 heteroatoms. The van der Waals surface area contributed by atoms with Gasteiger partial charge in [0.2, 0.25) is 5.91 Å². The van der Waals surface area contributed by atoms with E-state index in [-0.39, 0.29) is 18.0 Å². The van der Waals surface area contributed by atoms with Gasteiger partial charge >= 0.3 is 0 Å². The zero-order valence-corrected chi connectivity index (χ0v) is 17.0. The zero-order valence-electron chi connectivity index (χ0n) is 17.0. The number of nitrogens with zero attached hydrogens (tertiary/aromatic N) is 1. The average molecular weight is 388 g/mol. The topological polar surface area (TPSA) is 44.4 Å². The monoisotopic (exact) mass is 387 g/mol. The molecule has 1 amide bonds. The van der Waals surface area contributed by atoms with Crippen LogP contribution in [0.15, 0.2) is 72.8 Å². The second-order valence-electron chi connectivity index (χ2n) is 7.97. The van der Waals surface area contributed by atoms with Crippen LogP contribution in [0, 0.1) is 0 Å². The molecule has 150 valence electrons. The molecule has 3 aromatic carbocycles. The number of piperidine rings is 1. The molecule has 0 bridgehead atoms. The van der Waals surface area contributed by atoms with Crippen molar-refractivity contribution < 1.29 is 4.79 Å². The van der Waals surface area contributed by atoms with Crippen molar-refractivity contribution in [2.45, 2.75) is 38.4 Å². The van der Waals surface area contributed by atoms with Gasteiger partial charge in [0.05, 0.1) is 0 Å². The normalized spacial score (nSPS) is 16.4. The number of likely N-dealkylation sites (tertiary alicyclic amines) is 1. The second-order valence-corrected chi connectivity index (χ2v) is 7.97. The van der Waals surface area contributed by atoms with Gasteiger partial charge in [-0.3, -0.25) is 9.69 Å². The van der Waals surface area contributed by atoms with Crippen LogP contribution in [0.1, 0.15) is 25.3 Å². The second kappa shape index (κ2) is 9.10. The van der Waals surface area contributed by atoms with Crippen LogP contribution in [-0.2, 0) is 11.3 Å². The molecule has 1 saturated heterocycles. The lowest BCUT2D eigenvalue weighted by Gasteiger charge is -2.33. The highest BCUT2D eigenvalue weighted by molar-refractivity contribution is 5.88. The van der Waals surface area contributed by atoms with E-state index in [1.165, 1.54) is 16.3 Å². The summed E-state index contributed by atoms with van der Waals surface area (Å²) in [6.07, 6.45) is 2.00. The summed E-state index contributed by atoms with van der Waals surface area (Å²) in [5.74, 6) is 0.0691. The van der Waals surface area contributed by atoms with E-state index in [9.17, 15) is 4.79 Å². The van der Waals surface area contributed by atoms with Crippen LogP contribution < -0.4 is 10.6 Å². The van der Waals surface area contributed by atoms with E-state index in [0.717, 1.165) is 38.2 Å². The Hall–Kier alpha value is -2.85. The molecule has 0 aromatic heterocycles. The molecule has 1 atom stereocenters. The fraction of sp³-hybridized carbons (Fsp3) is 0.320. The number of hydrogen-bond donors (Lipinski definition) is 2. The summed E-state index contributed by atoms with van der Waals surface area (Å²) in [6.45, 7) is 4.95. The molecule has 1 aliphatic heterocycles. The third-order valence-electron chi connectivity index (χ3n) is 5.71. The van der Waals surface area contributed by atoms with Gasteiger partial charge in [-0.25, -0.2) is 0 Å². The highest BCUT2D eigenvalue weighted by atomic mass is 16.2. The average Bonchev–Trinajstić information content (AvgIpc) is 2.76. The highest BCUT2D eigenvalue weighted by Gasteiger charge is 2.22. The summed E-state index contributed by atoms with van der Waals surface area (Å²) in [5, 5.41) is 8.96. The number of carbonyl (C=O) groups excluding carboxylic acids is 1. The number of amides is 1. The van der Waals surface area contributed by atoms with Crippen molar-refractivity contribution in [2.24, 2.45) is 0 Å². The number of rotatable bonds is 6. The van der Waals surface area contributed by atoms with Gasteiger partial charge in [0.15, 0.2) is 0 Å².